The summed E-state index contributed by atoms with van der Waals surface area (Å²) in [4.78, 5) is 22.0. The second-order valence-electron chi connectivity index (χ2n) is 3.85. The molecule has 1 aliphatic heterocycles. The lowest BCUT2D eigenvalue weighted by atomic mass is 9.94. The van der Waals surface area contributed by atoms with Crippen molar-refractivity contribution in [1.82, 2.24) is 0 Å². The molecule has 0 amide bonds. The minimum atomic E-state index is -1.06. The molecule has 2 aliphatic rings. The van der Waals surface area contributed by atoms with Gasteiger partial charge in [0, 0.05) is 18.3 Å². The molecule has 1 saturated heterocycles. The predicted octanol–water partition coefficient (Wildman–Crippen LogP) is 0.793. The normalized spacial score (nSPS) is 41.0. The molecule has 0 bridgehead atoms. The number of hydrogen-bond donors (Lipinski definition) is 0. The highest BCUT2D eigenvalue weighted by Crippen LogP contribution is 2.49. The van der Waals surface area contributed by atoms with Crippen LogP contribution in [0.15, 0.2) is 0 Å². The predicted molar refractivity (Wildman–Crippen MR) is 59.4 cm³/mol. The Kier molecular flexibility index (Phi) is 3.44. The first-order valence-electron chi connectivity index (χ1n) is 4.73. The van der Waals surface area contributed by atoms with Gasteiger partial charge in [0.05, 0.1) is 12.5 Å². The van der Waals surface area contributed by atoms with Crippen LogP contribution in [0.1, 0.15) is 12.8 Å². The van der Waals surface area contributed by atoms with E-state index in [2.05, 4.69) is 8.93 Å². The molecule has 4 unspecified atom stereocenters. The van der Waals surface area contributed by atoms with E-state index in [4.69, 9.17) is 16.8 Å². The topological polar surface area (TPSA) is 52.6 Å². The number of carbonyl (C=O) groups is 2. The zero-order valence-corrected chi connectivity index (χ0v) is 10.1. The molecule has 2 rings (SSSR count). The highest BCUT2D eigenvalue weighted by molar-refractivity contribution is 8.23. The lowest BCUT2D eigenvalue weighted by Gasteiger charge is -2.20. The van der Waals surface area contributed by atoms with Crippen molar-refractivity contribution in [2.45, 2.75) is 25.0 Å². The number of hydrogen-bond acceptors (Lipinski definition) is 4. The van der Waals surface area contributed by atoms with Crippen molar-refractivity contribution in [2.24, 2.45) is 11.8 Å². The second kappa shape index (κ2) is 4.49. The van der Waals surface area contributed by atoms with Crippen molar-refractivity contribution in [3.05, 3.63) is 0 Å². The summed E-state index contributed by atoms with van der Waals surface area (Å²) in [6.07, 6.45) is 1.43. The molecular formula is C8H11BO4P2. The van der Waals surface area contributed by atoms with Crippen LogP contribution in [0.2, 0.25) is 0 Å². The number of carbonyl (C=O) groups excluding carboxylic acids is 2. The van der Waals surface area contributed by atoms with Gasteiger partial charge in [0.1, 0.15) is 12.4 Å². The van der Waals surface area contributed by atoms with Crippen LogP contribution in [0, 0.1) is 11.8 Å². The fourth-order valence-corrected chi connectivity index (χ4v) is 3.36. The van der Waals surface area contributed by atoms with Crippen molar-refractivity contribution in [3.8, 4) is 0 Å². The molecule has 2 fully saturated rings. The van der Waals surface area contributed by atoms with E-state index in [1.165, 1.54) is 0 Å². The van der Waals surface area contributed by atoms with Crippen molar-refractivity contribution in [1.29, 1.82) is 0 Å². The molecule has 0 spiro atoms. The van der Waals surface area contributed by atoms with Gasteiger partial charge < -0.3 is 14.1 Å². The largest absolute Gasteiger partial charge is 0.462 e. The molecule has 1 aliphatic carbocycles. The van der Waals surface area contributed by atoms with Crippen molar-refractivity contribution >= 4 is 36.5 Å². The summed E-state index contributed by atoms with van der Waals surface area (Å²) in [5.41, 5.74) is 0. The molecule has 0 N–H and O–H groups in total. The molecule has 6 atom stereocenters. The Balaban J connectivity index is 2.06. The van der Waals surface area contributed by atoms with Crippen LogP contribution < -0.4 is 0 Å². The van der Waals surface area contributed by atoms with E-state index in [1.54, 1.807) is 0 Å². The highest BCUT2D eigenvalue weighted by atomic mass is 32.0. The number of ether oxygens (including phenoxy) is 1. The van der Waals surface area contributed by atoms with E-state index < -0.39 is 7.72 Å². The SMILES string of the molecule is [B]P(P)O[C@H]1C[C@@H]2OC(=O)CC2C1C=O. The number of aldehydes is 1. The molecule has 2 radical (unpaired) electrons. The highest BCUT2D eigenvalue weighted by Gasteiger charge is 2.50. The second-order valence-corrected chi connectivity index (χ2v) is 6.31. The molecule has 0 aromatic carbocycles. The maximum absolute atomic E-state index is 11.0. The van der Waals surface area contributed by atoms with Crippen molar-refractivity contribution in [2.75, 3.05) is 0 Å². The fourth-order valence-electron chi connectivity index (χ4n) is 2.36. The Labute approximate surface area is 92.8 Å². The lowest BCUT2D eigenvalue weighted by molar-refractivity contribution is -0.141. The van der Waals surface area contributed by atoms with Gasteiger partial charge in [-0.1, -0.05) is 8.93 Å². The van der Waals surface area contributed by atoms with E-state index in [1.807, 2.05) is 0 Å². The summed E-state index contributed by atoms with van der Waals surface area (Å²) >= 11 is 0. The van der Waals surface area contributed by atoms with Gasteiger partial charge in [0.2, 0.25) is 0 Å². The molecule has 0 aromatic rings. The molecule has 15 heavy (non-hydrogen) atoms. The molecule has 1 heterocycles. The zero-order valence-electron chi connectivity index (χ0n) is 8.04. The fraction of sp³-hybridized carbons (Fsp3) is 0.750. The molecule has 0 aromatic heterocycles. The van der Waals surface area contributed by atoms with Gasteiger partial charge in [-0.05, 0) is 7.72 Å². The molecule has 1 saturated carbocycles. The molecule has 7 heteroatoms. The standard InChI is InChI=1S/C8H11BO4P2/c9-15(14)13-7-2-6-4(5(7)3-10)1-8(11)12-6/h3-7H,1-2,14H2/t4?,5?,6-,7-,15?/m0/s1. The monoisotopic (exact) mass is 244 g/mol. The van der Waals surface area contributed by atoms with Gasteiger partial charge in [-0.2, -0.15) is 0 Å². The van der Waals surface area contributed by atoms with Crippen molar-refractivity contribution in [3.63, 3.8) is 0 Å². The van der Waals surface area contributed by atoms with E-state index in [0.717, 1.165) is 6.29 Å². The first kappa shape index (κ1) is 11.5. The van der Waals surface area contributed by atoms with Crippen LogP contribution >= 0.6 is 16.6 Å². The van der Waals surface area contributed by atoms with Crippen molar-refractivity contribution < 1.29 is 18.8 Å². The minimum absolute atomic E-state index is 0.0139. The summed E-state index contributed by atoms with van der Waals surface area (Å²) in [5, 5.41) is 0. The average Bonchev–Trinajstić information content (AvgIpc) is 2.59. The summed E-state index contributed by atoms with van der Waals surface area (Å²) < 4.78 is 10.6. The number of esters is 1. The van der Waals surface area contributed by atoms with Gasteiger partial charge in [-0.3, -0.25) is 4.79 Å². The third-order valence-electron chi connectivity index (χ3n) is 2.97. The molecule has 4 nitrogen and oxygen atoms in total. The van der Waals surface area contributed by atoms with Crippen LogP contribution in [0.4, 0.5) is 0 Å². The average molecular weight is 244 g/mol. The van der Waals surface area contributed by atoms with Crippen LogP contribution in [0.5, 0.6) is 0 Å². The third-order valence-corrected chi connectivity index (χ3v) is 3.84. The smallest absolute Gasteiger partial charge is 0.306 e. The summed E-state index contributed by atoms with van der Waals surface area (Å²) in [5.74, 6) is -0.480. The first-order valence-corrected chi connectivity index (χ1v) is 7.67. The van der Waals surface area contributed by atoms with Gasteiger partial charge in [-0.15, -0.1) is 0 Å². The summed E-state index contributed by atoms with van der Waals surface area (Å²) in [7, 11) is 6.88. The van der Waals surface area contributed by atoms with Gasteiger partial charge in [-0.25, -0.2) is 0 Å². The third kappa shape index (κ3) is 2.25. The van der Waals surface area contributed by atoms with E-state index >= 15 is 0 Å². The Morgan fingerprint density at radius 3 is 3.00 bits per heavy atom. The first-order chi connectivity index (χ1) is 7.11. The molecule has 80 valence electrons. The quantitative estimate of drug-likeness (QED) is 0.319. The number of rotatable bonds is 3. The van der Waals surface area contributed by atoms with Gasteiger partial charge in [0.25, 0.3) is 0 Å². The summed E-state index contributed by atoms with van der Waals surface area (Å²) in [6, 6.07) is 0. The Hall–Kier alpha value is 0.0249. The van der Waals surface area contributed by atoms with Crippen LogP contribution in [-0.4, -0.2) is 32.0 Å². The minimum Gasteiger partial charge on any atom is -0.462 e. The lowest BCUT2D eigenvalue weighted by Crippen LogP contribution is -2.22. The van der Waals surface area contributed by atoms with Crippen LogP contribution in [0.3, 0.4) is 0 Å². The maximum atomic E-state index is 11.0. The zero-order chi connectivity index (χ0) is 11.0. The summed E-state index contributed by atoms with van der Waals surface area (Å²) in [6.45, 7) is 0. The van der Waals surface area contributed by atoms with E-state index in [-0.39, 0.29) is 30.0 Å². The Morgan fingerprint density at radius 1 is 1.67 bits per heavy atom. The Bertz CT molecular complexity index is 286. The molecular weight excluding hydrogens is 233 g/mol. The Morgan fingerprint density at radius 2 is 2.40 bits per heavy atom. The van der Waals surface area contributed by atoms with E-state index in [9.17, 15) is 9.59 Å². The van der Waals surface area contributed by atoms with Crippen LogP contribution in [-0.2, 0) is 18.8 Å². The number of fused-ring (bicyclic) bond motifs is 1. The van der Waals surface area contributed by atoms with Crippen LogP contribution in [0.25, 0.3) is 0 Å². The van der Waals surface area contributed by atoms with E-state index in [0.29, 0.717) is 12.8 Å². The van der Waals surface area contributed by atoms with Gasteiger partial charge in [0.15, 0.2) is 7.57 Å². The maximum Gasteiger partial charge on any atom is 0.306 e. The van der Waals surface area contributed by atoms with Gasteiger partial charge >= 0.3 is 5.97 Å².